The van der Waals surface area contributed by atoms with E-state index in [1.165, 1.54) is 11.1 Å². The fourth-order valence-electron chi connectivity index (χ4n) is 2.89. The SMILES string of the molecule is CCSc1cc(-c2nc3cc(C)c(C)cc3n2COCC[Si](C)(C)C)[nH]n1. The molecule has 0 bridgehead atoms. The molecule has 0 amide bonds. The minimum atomic E-state index is -1.10. The van der Waals surface area contributed by atoms with Crippen molar-refractivity contribution < 1.29 is 4.74 Å². The van der Waals surface area contributed by atoms with E-state index < -0.39 is 8.07 Å². The molecule has 0 atom stereocenters. The molecule has 7 heteroatoms. The number of fused-ring (bicyclic) bond motifs is 1. The number of aromatic nitrogens is 4. The number of nitrogens with zero attached hydrogens (tertiary/aromatic N) is 3. The topological polar surface area (TPSA) is 55.7 Å². The van der Waals surface area contributed by atoms with Gasteiger partial charge in [0.1, 0.15) is 17.5 Å². The van der Waals surface area contributed by atoms with Crippen molar-refractivity contribution in [2.45, 2.75) is 58.2 Å². The molecule has 0 fully saturated rings. The summed E-state index contributed by atoms with van der Waals surface area (Å²) in [6.45, 7) is 14.8. The van der Waals surface area contributed by atoms with Gasteiger partial charge in [-0.05, 0) is 48.9 Å². The minimum Gasteiger partial charge on any atom is -0.361 e. The van der Waals surface area contributed by atoms with Crippen LogP contribution in [0, 0.1) is 13.8 Å². The third-order valence-electron chi connectivity index (χ3n) is 4.67. The second-order valence-electron chi connectivity index (χ2n) is 8.19. The van der Waals surface area contributed by atoms with Gasteiger partial charge >= 0.3 is 0 Å². The highest BCUT2D eigenvalue weighted by Crippen LogP contribution is 2.28. The Kier molecular flexibility index (Phi) is 6.13. The van der Waals surface area contributed by atoms with Crippen LogP contribution in [0.1, 0.15) is 18.1 Å². The van der Waals surface area contributed by atoms with E-state index in [2.05, 4.69) is 73.4 Å². The molecule has 0 spiro atoms. The number of thioether (sulfide) groups is 1. The molecule has 0 aliphatic heterocycles. The lowest BCUT2D eigenvalue weighted by Gasteiger charge is -2.16. The lowest BCUT2D eigenvalue weighted by atomic mass is 10.1. The first kappa shape index (κ1) is 20.2. The highest BCUT2D eigenvalue weighted by Gasteiger charge is 2.17. The fraction of sp³-hybridized carbons (Fsp3) is 0.500. The van der Waals surface area contributed by atoms with Crippen LogP contribution in [0.25, 0.3) is 22.6 Å². The zero-order chi connectivity index (χ0) is 19.6. The van der Waals surface area contributed by atoms with Crippen molar-refractivity contribution in [3.63, 3.8) is 0 Å². The molecule has 0 radical (unpaired) electrons. The second kappa shape index (κ2) is 8.20. The molecule has 0 aliphatic rings. The molecule has 1 aromatic carbocycles. The molecule has 146 valence electrons. The van der Waals surface area contributed by atoms with Gasteiger partial charge in [-0.2, -0.15) is 5.10 Å². The number of H-pyrrole nitrogens is 1. The molecule has 3 aromatic rings. The summed E-state index contributed by atoms with van der Waals surface area (Å²) < 4.78 is 8.23. The molecule has 0 aliphatic carbocycles. The Hall–Kier alpha value is -1.57. The van der Waals surface area contributed by atoms with Crippen molar-refractivity contribution in [3.05, 3.63) is 29.3 Å². The minimum absolute atomic E-state index is 0.508. The number of hydrogen-bond donors (Lipinski definition) is 1. The van der Waals surface area contributed by atoms with Gasteiger partial charge in [-0.3, -0.25) is 9.67 Å². The van der Waals surface area contributed by atoms with E-state index in [4.69, 9.17) is 9.72 Å². The van der Waals surface area contributed by atoms with Gasteiger partial charge in [0.05, 0.1) is 11.0 Å². The molecule has 1 N–H and O–H groups in total. The molecular weight excluding hydrogens is 372 g/mol. The maximum atomic E-state index is 6.07. The van der Waals surface area contributed by atoms with Crippen LogP contribution in [0.15, 0.2) is 23.2 Å². The van der Waals surface area contributed by atoms with Crippen LogP contribution < -0.4 is 0 Å². The van der Waals surface area contributed by atoms with Crippen molar-refractivity contribution >= 4 is 30.9 Å². The summed E-state index contributed by atoms with van der Waals surface area (Å²) in [5.41, 5.74) is 5.57. The summed E-state index contributed by atoms with van der Waals surface area (Å²) in [5.74, 6) is 1.89. The van der Waals surface area contributed by atoms with Crippen molar-refractivity contribution in [2.75, 3.05) is 12.4 Å². The Balaban J connectivity index is 1.95. The Morgan fingerprint density at radius 2 is 1.89 bits per heavy atom. The van der Waals surface area contributed by atoms with E-state index >= 15 is 0 Å². The van der Waals surface area contributed by atoms with Gasteiger partial charge in [0, 0.05) is 20.7 Å². The smallest absolute Gasteiger partial charge is 0.161 e. The zero-order valence-electron chi connectivity index (χ0n) is 17.2. The van der Waals surface area contributed by atoms with Gasteiger partial charge in [-0.25, -0.2) is 4.98 Å². The summed E-state index contributed by atoms with van der Waals surface area (Å²) in [6.07, 6.45) is 0. The Labute approximate surface area is 166 Å². The van der Waals surface area contributed by atoms with Gasteiger partial charge < -0.3 is 4.74 Å². The van der Waals surface area contributed by atoms with Crippen LogP contribution in [0.5, 0.6) is 0 Å². The average molecular weight is 403 g/mol. The van der Waals surface area contributed by atoms with Crippen LogP contribution in [-0.4, -0.2) is 40.2 Å². The number of nitrogens with one attached hydrogen (secondary N) is 1. The molecule has 0 saturated carbocycles. The molecule has 0 unspecified atom stereocenters. The van der Waals surface area contributed by atoms with Gasteiger partial charge in [0.25, 0.3) is 0 Å². The van der Waals surface area contributed by atoms with Crippen molar-refractivity contribution in [3.8, 4) is 11.5 Å². The number of aromatic amines is 1. The van der Waals surface area contributed by atoms with Gasteiger partial charge in [-0.1, -0.05) is 26.6 Å². The average Bonchev–Trinajstić information content (AvgIpc) is 3.17. The number of imidazole rings is 1. The van der Waals surface area contributed by atoms with Gasteiger partial charge in [-0.15, -0.1) is 11.8 Å². The number of rotatable bonds is 8. The largest absolute Gasteiger partial charge is 0.361 e. The van der Waals surface area contributed by atoms with E-state index in [-0.39, 0.29) is 0 Å². The first-order chi connectivity index (χ1) is 12.8. The number of ether oxygens (including phenoxy) is 1. The lowest BCUT2D eigenvalue weighted by molar-refractivity contribution is 0.0909. The predicted octanol–water partition coefficient (Wildman–Crippen LogP) is 5.47. The summed E-state index contributed by atoms with van der Waals surface area (Å²) >= 11 is 1.73. The van der Waals surface area contributed by atoms with Crippen LogP contribution in [0.4, 0.5) is 0 Å². The monoisotopic (exact) mass is 402 g/mol. The summed E-state index contributed by atoms with van der Waals surface area (Å²) in [6, 6.07) is 7.61. The van der Waals surface area contributed by atoms with E-state index in [9.17, 15) is 0 Å². The Morgan fingerprint density at radius 3 is 2.59 bits per heavy atom. The highest BCUT2D eigenvalue weighted by atomic mass is 32.2. The molecule has 0 saturated heterocycles. The van der Waals surface area contributed by atoms with E-state index in [0.29, 0.717) is 6.73 Å². The van der Waals surface area contributed by atoms with Crippen LogP contribution in [-0.2, 0) is 11.5 Å². The summed E-state index contributed by atoms with van der Waals surface area (Å²) in [7, 11) is -1.10. The molecular formula is C20H30N4OSSi. The number of hydrogen-bond acceptors (Lipinski definition) is 4. The summed E-state index contributed by atoms with van der Waals surface area (Å²) in [4.78, 5) is 4.90. The zero-order valence-corrected chi connectivity index (χ0v) is 19.0. The molecule has 5 nitrogen and oxygen atoms in total. The van der Waals surface area contributed by atoms with Crippen molar-refractivity contribution in [2.24, 2.45) is 0 Å². The second-order valence-corrected chi connectivity index (χ2v) is 15.1. The van der Waals surface area contributed by atoms with Gasteiger partial charge in [0.2, 0.25) is 0 Å². The normalized spacial score (nSPS) is 12.2. The highest BCUT2D eigenvalue weighted by molar-refractivity contribution is 7.99. The third kappa shape index (κ3) is 4.83. The lowest BCUT2D eigenvalue weighted by Crippen LogP contribution is -2.22. The molecule has 2 aromatic heterocycles. The van der Waals surface area contributed by atoms with Gasteiger partial charge in [0.15, 0.2) is 5.82 Å². The molecule has 3 rings (SSSR count). The Bertz CT molecular complexity index is 926. The third-order valence-corrected chi connectivity index (χ3v) is 7.17. The first-order valence-electron chi connectivity index (χ1n) is 9.52. The fourth-order valence-corrected chi connectivity index (χ4v) is 4.25. The van der Waals surface area contributed by atoms with E-state index in [0.717, 1.165) is 46.0 Å². The quantitative estimate of drug-likeness (QED) is 0.308. The standard InChI is InChI=1S/C20H30N4OSSi/c1-7-26-19-12-17(22-23-19)20-21-16-10-14(2)15(3)11-18(16)24(20)13-25-8-9-27(4,5)6/h10-12H,7-9,13H2,1-6H3,(H,22,23). The van der Waals surface area contributed by atoms with E-state index in [1.54, 1.807) is 11.8 Å². The predicted molar refractivity (Wildman–Crippen MR) is 117 cm³/mol. The molecule has 27 heavy (non-hydrogen) atoms. The maximum Gasteiger partial charge on any atom is 0.161 e. The molecule has 2 heterocycles. The van der Waals surface area contributed by atoms with E-state index in [1.807, 2.05) is 0 Å². The van der Waals surface area contributed by atoms with Crippen LogP contribution in [0.2, 0.25) is 25.7 Å². The van der Waals surface area contributed by atoms with Crippen LogP contribution >= 0.6 is 11.8 Å². The Morgan fingerprint density at radius 1 is 1.15 bits per heavy atom. The van der Waals surface area contributed by atoms with Crippen LogP contribution in [0.3, 0.4) is 0 Å². The summed E-state index contributed by atoms with van der Waals surface area (Å²) in [5, 5.41) is 8.55. The number of benzene rings is 1. The maximum absolute atomic E-state index is 6.07. The van der Waals surface area contributed by atoms with Crippen molar-refractivity contribution in [1.82, 2.24) is 19.7 Å². The first-order valence-corrected chi connectivity index (χ1v) is 14.2. The van der Waals surface area contributed by atoms with Crippen molar-refractivity contribution in [1.29, 1.82) is 0 Å². The number of aryl methyl sites for hydroxylation is 2.